The summed E-state index contributed by atoms with van der Waals surface area (Å²) in [6.07, 6.45) is 8.31. The van der Waals surface area contributed by atoms with E-state index in [1.54, 1.807) is 6.20 Å². The van der Waals surface area contributed by atoms with Gasteiger partial charge < -0.3 is 9.73 Å². The molecule has 0 aliphatic heterocycles. The molecule has 0 unspecified atom stereocenters. The number of rotatable bonds is 4. The number of hydrogen-bond donors (Lipinski definition) is 1. The van der Waals surface area contributed by atoms with E-state index in [4.69, 9.17) is 4.42 Å². The molecule has 1 fully saturated rings. The van der Waals surface area contributed by atoms with E-state index in [1.165, 1.54) is 37.6 Å². The molecule has 0 bridgehead atoms. The topological polar surface area (TPSA) is 38.1 Å². The second-order valence-corrected chi connectivity index (χ2v) is 5.31. The maximum absolute atomic E-state index is 5.24. The van der Waals surface area contributed by atoms with Crippen molar-refractivity contribution in [2.24, 2.45) is 0 Å². The van der Waals surface area contributed by atoms with Gasteiger partial charge in [-0.05, 0) is 37.2 Å². The van der Waals surface area contributed by atoms with Crippen LogP contribution in [-0.2, 0) is 6.54 Å². The molecule has 0 atom stereocenters. The third-order valence-electron chi connectivity index (χ3n) is 4.05. The Hall–Kier alpha value is -1.61. The summed E-state index contributed by atoms with van der Waals surface area (Å²) in [6.45, 7) is 0.792. The zero-order chi connectivity index (χ0) is 12.9. The number of nitrogens with one attached hydrogen (secondary N) is 1. The first kappa shape index (κ1) is 12.4. The normalized spacial score (nSPS) is 23.4. The summed E-state index contributed by atoms with van der Waals surface area (Å²) in [5, 5.41) is 3.56. The average molecular weight is 256 g/mol. The molecule has 2 aromatic rings. The lowest BCUT2D eigenvalue weighted by Gasteiger charge is -2.29. The lowest BCUT2D eigenvalue weighted by molar-refractivity contribution is 0.331. The Labute approximate surface area is 114 Å². The highest BCUT2D eigenvalue weighted by Crippen LogP contribution is 2.32. The quantitative estimate of drug-likeness (QED) is 0.910. The summed E-state index contributed by atoms with van der Waals surface area (Å²) < 4.78 is 5.24. The second-order valence-electron chi connectivity index (χ2n) is 5.31. The predicted molar refractivity (Wildman–Crippen MR) is 74.8 cm³/mol. The number of hydrogen-bond acceptors (Lipinski definition) is 3. The highest BCUT2D eigenvalue weighted by Gasteiger charge is 2.21. The number of aromatic nitrogens is 1. The van der Waals surface area contributed by atoms with Crippen LogP contribution >= 0.6 is 0 Å². The minimum Gasteiger partial charge on any atom is -0.447 e. The molecule has 100 valence electrons. The Balaban J connectivity index is 1.47. The molecule has 3 rings (SSSR count). The fraction of sp³-hybridized carbons (Fsp3) is 0.438. The van der Waals surface area contributed by atoms with Gasteiger partial charge in [0.1, 0.15) is 5.76 Å². The summed E-state index contributed by atoms with van der Waals surface area (Å²) in [5.41, 5.74) is 1.50. The van der Waals surface area contributed by atoms with Crippen LogP contribution in [0.15, 0.2) is 47.3 Å². The molecule has 3 heteroatoms. The third kappa shape index (κ3) is 3.24. The van der Waals surface area contributed by atoms with Crippen LogP contribution in [0, 0.1) is 0 Å². The largest absolute Gasteiger partial charge is 0.447 e. The van der Waals surface area contributed by atoms with Crippen molar-refractivity contribution in [2.75, 3.05) is 0 Å². The number of oxazole rings is 1. The van der Waals surface area contributed by atoms with Crippen molar-refractivity contribution >= 4 is 0 Å². The van der Waals surface area contributed by atoms with Gasteiger partial charge in [0.05, 0.1) is 12.7 Å². The molecule has 1 aliphatic rings. The van der Waals surface area contributed by atoms with Crippen molar-refractivity contribution < 1.29 is 4.42 Å². The van der Waals surface area contributed by atoms with E-state index in [9.17, 15) is 0 Å². The van der Waals surface area contributed by atoms with Crippen LogP contribution in [-0.4, -0.2) is 11.0 Å². The number of nitrogens with zero attached hydrogens (tertiary/aromatic N) is 1. The van der Waals surface area contributed by atoms with Crippen molar-refractivity contribution in [1.29, 1.82) is 0 Å². The molecule has 19 heavy (non-hydrogen) atoms. The van der Waals surface area contributed by atoms with E-state index in [1.807, 2.05) is 0 Å². The predicted octanol–water partition coefficient (Wildman–Crippen LogP) is 3.49. The maximum atomic E-state index is 5.24. The van der Waals surface area contributed by atoms with Gasteiger partial charge in [0.2, 0.25) is 0 Å². The van der Waals surface area contributed by atoms with E-state index in [-0.39, 0.29) is 0 Å². The van der Waals surface area contributed by atoms with Crippen LogP contribution in [0.5, 0.6) is 0 Å². The maximum Gasteiger partial charge on any atom is 0.180 e. The van der Waals surface area contributed by atoms with E-state index in [2.05, 4.69) is 40.6 Å². The van der Waals surface area contributed by atoms with Gasteiger partial charge in [0.15, 0.2) is 6.39 Å². The van der Waals surface area contributed by atoms with E-state index in [0.29, 0.717) is 6.04 Å². The Bertz CT molecular complexity index is 473. The van der Waals surface area contributed by atoms with Crippen LogP contribution in [0.4, 0.5) is 0 Å². The molecule has 1 aromatic carbocycles. The Kier molecular flexibility index (Phi) is 3.94. The van der Waals surface area contributed by atoms with Gasteiger partial charge in [-0.1, -0.05) is 30.3 Å². The van der Waals surface area contributed by atoms with Crippen molar-refractivity contribution in [1.82, 2.24) is 10.3 Å². The van der Waals surface area contributed by atoms with E-state index >= 15 is 0 Å². The second kappa shape index (κ2) is 6.02. The first-order valence-electron chi connectivity index (χ1n) is 7.07. The smallest absolute Gasteiger partial charge is 0.180 e. The number of benzene rings is 1. The molecule has 1 aromatic heterocycles. The molecule has 1 saturated carbocycles. The molecular weight excluding hydrogens is 236 g/mol. The van der Waals surface area contributed by atoms with Gasteiger partial charge in [-0.25, -0.2) is 4.98 Å². The summed E-state index contributed by atoms with van der Waals surface area (Å²) in [5.74, 6) is 1.66. The van der Waals surface area contributed by atoms with Crippen molar-refractivity contribution in [3.05, 3.63) is 54.2 Å². The van der Waals surface area contributed by atoms with Gasteiger partial charge in [-0.15, -0.1) is 0 Å². The van der Waals surface area contributed by atoms with Gasteiger partial charge in [-0.2, -0.15) is 0 Å². The Morgan fingerprint density at radius 2 is 1.89 bits per heavy atom. The van der Waals surface area contributed by atoms with Crippen LogP contribution in [0.3, 0.4) is 0 Å². The SMILES string of the molecule is c1ccc(C2CCC(NCc3cnco3)CC2)cc1. The first-order valence-corrected chi connectivity index (χ1v) is 7.07. The average Bonchev–Trinajstić information content (AvgIpc) is 3.00. The summed E-state index contributed by atoms with van der Waals surface area (Å²) in [4.78, 5) is 3.93. The van der Waals surface area contributed by atoms with Crippen LogP contribution in [0.25, 0.3) is 0 Å². The Morgan fingerprint density at radius 3 is 2.58 bits per heavy atom. The fourth-order valence-electron chi connectivity index (χ4n) is 2.93. The third-order valence-corrected chi connectivity index (χ3v) is 4.05. The summed E-state index contributed by atoms with van der Waals surface area (Å²) in [7, 11) is 0. The monoisotopic (exact) mass is 256 g/mol. The molecule has 0 saturated heterocycles. The van der Waals surface area contributed by atoms with Gasteiger partial charge in [0, 0.05) is 6.04 Å². The van der Waals surface area contributed by atoms with E-state index < -0.39 is 0 Å². The molecule has 3 nitrogen and oxygen atoms in total. The van der Waals surface area contributed by atoms with Crippen molar-refractivity contribution in [2.45, 2.75) is 44.2 Å². The van der Waals surface area contributed by atoms with Gasteiger partial charge in [-0.3, -0.25) is 0 Å². The van der Waals surface area contributed by atoms with Crippen LogP contribution < -0.4 is 5.32 Å². The summed E-state index contributed by atoms with van der Waals surface area (Å²) >= 11 is 0. The van der Waals surface area contributed by atoms with E-state index in [0.717, 1.165) is 18.2 Å². The first-order chi connectivity index (χ1) is 9.42. The van der Waals surface area contributed by atoms with Crippen LogP contribution in [0.1, 0.15) is 42.9 Å². The van der Waals surface area contributed by atoms with Crippen LogP contribution in [0.2, 0.25) is 0 Å². The molecule has 1 aliphatic carbocycles. The zero-order valence-electron chi connectivity index (χ0n) is 11.1. The lowest BCUT2D eigenvalue weighted by Crippen LogP contribution is -2.32. The molecule has 0 spiro atoms. The minimum atomic E-state index is 0.616. The highest BCUT2D eigenvalue weighted by atomic mass is 16.3. The minimum absolute atomic E-state index is 0.616. The molecule has 0 radical (unpaired) electrons. The van der Waals surface area contributed by atoms with Crippen molar-refractivity contribution in [3.63, 3.8) is 0 Å². The fourth-order valence-corrected chi connectivity index (χ4v) is 2.93. The molecular formula is C16H20N2O. The van der Waals surface area contributed by atoms with Gasteiger partial charge in [0.25, 0.3) is 0 Å². The zero-order valence-corrected chi connectivity index (χ0v) is 11.1. The molecule has 0 amide bonds. The molecule has 1 N–H and O–H groups in total. The standard InChI is InChI=1S/C16H20N2O/c1-2-4-13(5-3-1)14-6-8-15(9-7-14)18-11-16-10-17-12-19-16/h1-5,10,12,14-15,18H,6-9,11H2. The van der Waals surface area contributed by atoms with Crippen molar-refractivity contribution in [3.8, 4) is 0 Å². The Morgan fingerprint density at radius 1 is 1.11 bits per heavy atom. The summed E-state index contributed by atoms with van der Waals surface area (Å²) in [6, 6.07) is 11.5. The highest BCUT2D eigenvalue weighted by molar-refractivity contribution is 5.20. The van der Waals surface area contributed by atoms with Gasteiger partial charge >= 0.3 is 0 Å². The lowest BCUT2D eigenvalue weighted by atomic mass is 9.82. The molecule has 1 heterocycles.